The fourth-order valence-corrected chi connectivity index (χ4v) is 2.07. The van der Waals surface area contributed by atoms with E-state index in [1.165, 1.54) is 12.1 Å². The van der Waals surface area contributed by atoms with Crippen molar-refractivity contribution < 1.29 is 18.0 Å². The maximum absolute atomic E-state index is 12.4. The first-order valence-corrected chi connectivity index (χ1v) is 6.40. The molecule has 0 radical (unpaired) electrons. The second-order valence-corrected chi connectivity index (χ2v) is 4.72. The van der Waals surface area contributed by atoms with Crippen LogP contribution in [-0.4, -0.2) is 25.2 Å². The Morgan fingerprint density at radius 2 is 1.95 bits per heavy atom. The van der Waals surface area contributed by atoms with Gasteiger partial charge in [0.25, 0.3) is 0 Å². The molecular formula is C13H16F3N3O. The first kappa shape index (κ1) is 14.6. The number of carbonyl (C=O) groups excluding carboxylic acids is 1. The van der Waals surface area contributed by atoms with E-state index in [0.717, 1.165) is 31.5 Å². The van der Waals surface area contributed by atoms with Crippen LogP contribution in [0.3, 0.4) is 0 Å². The van der Waals surface area contributed by atoms with Gasteiger partial charge in [-0.15, -0.1) is 0 Å². The highest BCUT2D eigenvalue weighted by Gasteiger charge is 2.30. The van der Waals surface area contributed by atoms with Crippen molar-refractivity contribution >= 4 is 11.7 Å². The molecule has 2 rings (SSSR count). The van der Waals surface area contributed by atoms with Crippen molar-refractivity contribution in [3.63, 3.8) is 0 Å². The molecule has 0 saturated carbocycles. The van der Waals surface area contributed by atoms with Gasteiger partial charge in [0, 0.05) is 18.3 Å². The number of benzene rings is 1. The summed E-state index contributed by atoms with van der Waals surface area (Å²) in [7, 11) is 0. The van der Waals surface area contributed by atoms with Gasteiger partial charge in [-0.3, -0.25) is 0 Å². The molecule has 1 saturated heterocycles. The van der Waals surface area contributed by atoms with Gasteiger partial charge < -0.3 is 16.0 Å². The Kier molecular flexibility index (Phi) is 4.49. The van der Waals surface area contributed by atoms with E-state index in [0.29, 0.717) is 12.2 Å². The van der Waals surface area contributed by atoms with Gasteiger partial charge in [-0.1, -0.05) is 0 Å². The largest absolute Gasteiger partial charge is 0.416 e. The lowest BCUT2D eigenvalue weighted by Gasteiger charge is -2.23. The van der Waals surface area contributed by atoms with Gasteiger partial charge >= 0.3 is 12.2 Å². The van der Waals surface area contributed by atoms with Gasteiger partial charge in [0.05, 0.1) is 5.56 Å². The second-order valence-electron chi connectivity index (χ2n) is 4.72. The molecule has 110 valence electrons. The van der Waals surface area contributed by atoms with Crippen LogP contribution in [0.1, 0.15) is 18.4 Å². The molecule has 3 N–H and O–H groups in total. The number of carbonyl (C=O) groups is 1. The fraction of sp³-hybridized carbons (Fsp3) is 0.462. The number of hydrogen-bond acceptors (Lipinski definition) is 2. The number of anilines is 1. The molecule has 1 fully saturated rings. The predicted octanol–water partition coefficient (Wildman–Crippen LogP) is 2.58. The molecule has 1 aliphatic rings. The third-order valence-electron chi connectivity index (χ3n) is 3.10. The molecule has 1 unspecified atom stereocenters. The first-order chi connectivity index (χ1) is 9.45. The molecular weight excluding hydrogens is 271 g/mol. The molecule has 20 heavy (non-hydrogen) atoms. The molecule has 2 amide bonds. The zero-order valence-corrected chi connectivity index (χ0v) is 10.8. The molecule has 0 bridgehead atoms. The molecule has 1 aliphatic heterocycles. The van der Waals surface area contributed by atoms with E-state index in [2.05, 4.69) is 16.0 Å². The number of nitrogens with one attached hydrogen (secondary N) is 3. The summed E-state index contributed by atoms with van der Waals surface area (Å²) in [5.41, 5.74) is -0.404. The molecule has 1 atom stereocenters. The van der Waals surface area contributed by atoms with Gasteiger partial charge in [-0.25, -0.2) is 4.79 Å². The van der Waals surface area contributed by atoms with Gasteiger partial charge in [-0.2, -0.15) is 13.2 Å². The summed E-state index contributed by atoms with van der Waals surface area (Å²) in [5.74, 6) is 0. The average Bonchev–Trinajstić information content (AvgIpc) is 2.39. The minimum absolute atomic E-state index is 0.0539. The first-order valence-electron chi connectivity index (χ1n) is 6.40. The van der Waals surface area contributed by atoms with Crippen LogP contribution < -0.4 is 16.0 Å². The Bertz CT molecular complexity index is 453. The Morgan fingerprint density at radius 1 is 1.25 bits per heavy atom. The minimum atomic E-state index is -4.37. The summed E-state index contributed by atoms with van der Waals surface area (Å²) < 4.78 is 37.2. The molecule has 1 aromatic rings. The van der Waals surface area contributed by atoms with Gasteiger partial charge in [-0.05, 0) is 43.7 Å². The van der Waals surface area contributed by atoms with Crippen molar-refractivity contribution in [3.8, 4) is 0 Å². The number of hydrogen-bond donors (Lipinski definition) is 3. The van der Waals surface area contributed by atoms with Crippen LogP contribution in [0.2, 0.25) is 0 Å². The molecule has 7 heteroatoms. The summed E-state index contributed by atoms with van der Waals surface area (Å²) in [6, 6.07) is 4.01. The van der Waals surface area contributed by atoms with Gasteiger partial charge in [0.15, 0.2) is 0 Å². The highest BCUT2D eigenvalue weighted by molar-refractivity contribution is 5.89. The van der Waals surface area contributed by atoms with E-state index in [1.807, 2.05) is 0 Å². The Balaban J connectivity index is 1.87. The van der Waals surface area contributed by atoms with Crippen LogP contribution in [0.4, 0.5) is 23.7 Å². The summed E-state index contributed by atoms with van der Waals surface area (Å²) in [5, 5.41) is 8.46. The van der Waals surface area contributed by atoms with E-state index >= 15 is 0 Å². The summed E-state index contributed by atoms with van der Waals surface area (Å²) >= 11 is 0. The second kappa shape index (κ2) is 6.13. The summed E-state index contributed by atoms with van der Waals surface area (Å²) in [6.07, 6.45) is -2.48. The lowest BCUT2D eigenvalue weighted by atomic mass is 10.1. The van der Waals surface area contributed by atoms with E-state index in [1.54, 1.807) is 0 Å². The Labute approximate surface area is 114 Å². The molecule has 0 spiro atoms. The number of alkyl halides is 3. The highest BCUT2D eigenvalue weighted by atomic mass is 19.4. The van der Waals surface area contributed by atoms with Crippen LogP contribution >= 0.6 is 0 Å². The monoisotopic (exact) mass is 287 g/mol. The molecule has 1 aromatic carbocycles. The Morgan fingerprint density at radius 3 is 2.50 bits per heavy atom. The van der Waals surface area contributed by atoms with Crippen molar-refractivity contribution in [2.45, 2.75) is 25.1 Å². The SMILES string of the molecule is O=C(Nc1ccc(C(F)(F)F)cc1)NC1CCCNC1. The quantitative estimate of drug-likeness (QED) is 0.783. The van der Waals surface area contributed by atoms with E-state index in [4.69, 9.17) is 0 Å². The maximum Gasteiger partial charge on any atom is 0.416 e. The molecule has 4 nitrogen and oxygen atoms in total. The maximum atomic E-state index is 12.4. The number of urea groups is 1. The number of halogens is 3. The molecule has 1 heterocycles. The number of piperidine rings is 1. The Hall–Kier alpha value is -1.76. The standard InChI is InChI=1S/C13H16F3N3O/c14-13(15,16)9-3-5-10(6-4-9)18-12(20)19-11-2-1-7-17-8-11/h3-6,11,17H,1-2,7-8H2,(H2,18,19,20). The lowest BCUT2D eigenvalue weighted by molar-refractivity contribution is -0.137. The van der Waals surface area contributed by atoms with Crippen molar-refractivity contribution in [2.75, 3.05) is 18.4 Å². The zero-order chi connectivity index (χ0) is 14.6. The van der Waals surface area contributed by atoms with Crippen LogP contribution in [0.25, 0.3) is 0 Å². The minimum Gasteiger partial charge on any atom is -0.334 e. The summed E-state index contributed by atoms with van der Waals surface area (Å²) in [6.45, 7) is 1.65. The summed E-state index contributed by atoms with van der Waals surface area (Å²) in [4.78, 5) is 11.7. The van der Waals surface area contributed by atoms with Crippen LogP contribution in [-0.2, 0) is 6.18 Å². The number of amides is 2. The lowest BCUT2D eigenvalue weighted by Crippen LogP contribution is -2.47. The fourth-order valence-electron chi connectivity index (χ4n) is 2.07. The van der Waals surface area contributed by atoms with Crippen molar-refractivity contribution in [1.29, 1.82) is 0 Å². The van der Waals surface area contributed by atoms with Crippen LogP contribution in [0, 0.1) is 0 Å². The topological polar surface area (TPSA) is 53.2 Å². The highest BCUT2D eigenvalue weighted by Crippen LogP contribution is 2.29. The average molecular weight is 287 g/mol. The van der Waals surface area contributed by atoms with E-state index < -0.39 is 17.8 Å². The van der Waals surface area contributed by atoms with E-state index in [-0.39, 0.29) is 6.04 Å². The third kappa shape index (κ3) is 4.12. The molecule has 0 aliphatic carbocycles. The normalized spacial score (nSPS) is 19.4. The van der Waals surface area contributed by atoms with Gasteiger partial charge in [0.1, 0.15) is 0 Å². The van der Waals surface area contributed by atoms with Crippen LogP contribution in [0.15, 0.2) is 24.3 Å². The van der Waals surface area contributed by atoms with Gasteiger partial charge in [0.2, 0.25) is 0 Å². The smallest absolute Gasteiger partial charge is 0.334 e. The van der Waals surface area contributed by atoms with Crippen molar-refractivity contribution in [1.82, 2.24) is 10.6 Å². The van der Waals surface area contributed by atoms with Crippen molar-refractivity contribution in [2.24, 2.45) is 0 Å². The van der Waals surface area contributed by atoms with Crippen molar-refractivity contribution in [3.05, 3.63) is 29.8 Å². The number of rotatable bonds is 2. The third-order valence-corrected chi connectivity index (χ3v) is 3.10. The molecule has 0 aromatic heterocycles. The predicted molar refractivity (Wildman–Crippen MR) is 69.5 cm³/mol. The zero-order valence-electron chi connectivity index (χ0n) is 10.8. The van der Waals surface area contributed by atoms with E-state index in [9.17, 15) is 18.0 Å². The van der Waals surface area contributed by atoms with Crippen LogP contribution in [0.5, 0.6) is 0 Å².